The molecular formula is C16H9ClF3N3O2. The second-order valence-electron chi connectivity index (χ2n) is 5.54. The molecule has 2 amide bonds. The Hall–Kier alpha value is -2.74. The zero-order chi connectivity index (χ0) is 17.8. The first-order valence-corrected chi connectivity index (χ1v) is 7.49. The number of alkyl halides is 3. The summed E-state index contributed by atoms with van der Waals surface area (Å²) in [4.78, 5) is 15.8. The zero-order valence-corrected chi connectivity index (χ0v) is 13.1. The van der Waals surface area contributed by atoms with Crippen molar-refractivity contribution in [1.29, 1.82) is 0 Å². The van der Waals surface area contributed by atoms with E-state index in [0.717, 1.165) is 6.08 Å². The van der Waals surface area contributed by atoms with Gasteiger partial charge in [0, 0.05) is 18.0 Å². The molecule has 0 saturated carbocycles. The first-order chi connectivity index (χ1) is 11.8. The lowest BCUT2D eigenvalue weighted by Gasteiger charge is -2.42. The highest BCUT2D eigenvalue weighted by Gasteiger charge is 2.61. The van der Waals surface area contributed by atoms with E-state index in [1.165, 1.54) is 24.5 Å². The summed E-state index contributed by atoms with van der Waals surface area (Å²) in [5, 5.41) is 4.33. The number of halogens is 4. The Morgan fingerprint density at radius 2 is 2.04 bits per heavy atom. The molecule has 0 spiro atoms. The molecule has 1 unspecified atom stereocenters. The average Bonchev–Trinajstić information content (AvgIpc) is 2.57. The summed E-state index contributed by atoms with van der Waals surface area (Å²) in [6.45, 7) is 0. The first kappa shape index (κ1) is 15.8. The SMILES string of the molecule is O=C1Nc2ccc(Cl)c3c2C(C(F)(F)F)(C=C(c2cccnc2)O3)N1. The summed E-state index contributed by atoms with van der Waals surface area (Å²) in [7, 11) is 0. The van der Waals surface area contributed by atoms with Crippen LogP contribution in [0.15, 0.2) is 42.7 Å². The molecule has 0 bridgehead atoms. The van der Waals surface area contributed by atoms with Gasteiger partial charge in [0.2, 0.25) is 0 Å². The van der Waals surface area contributed by atoms with Crippen LogP contribution in [0.5, 0.6) is 5.75 Å². The number of rotatable bonds is 1. The standard InChI is InChI=1S/C16H9ClF3N3O2/c17-9-3-4-10-12-13(9)25-11(8-2-1-5-21-7-8)6-15(12,16(18,19)20)23-14(24)22-10/h1-7H,(H2,22,23,24). The molecule has 2 N–H and O–H groups in total. The number of hydrogen-bond donors (Lipinski definition) is 2. The fraction of sp³-hybridized carbons (Fsp3) is 0.125. The van der Waals surface area contributed by atoms with Gasteiger partial charge >= 0.3 is 12.2 Å². The predicted molar refractivity (Wildman–Crippen MR) is 84.2 cm³/mol. The minimum Gasteiger partial charge on any atom is -0.455 e. The zero-order valence-electron chi connectivity index (χ0n) is 12.3. The topological polar surface area (TPSA) is 63.2 Å². The van der Waals surface area contributed by atoms with Crippen LogP contribution in [0.2, 0.25) is 5.02 Å². The molecule has 9 heteroatoms. The van der Waals surface area contributed by atoms with E-state index in [2.05, 4.69) is 10.3 Å². The summed E-state index contributed by atoms with van der Waals surface area (Å²) in [5.74, 6) is -0.260. The Kier molecular flexibility index (Phi) is 3.23. The molecule has 2 aliphatic heterocycles. The Balaban J connectivity index is 2.04. The van der Waals surface area contributed by atoms with Gasteiger partial charge in [0.1, 0.15) is 5.76 Å². The summed E-state index contributed by atoms with van der Waals surface area (Å²) in [5.41, 5.74) is -2.72. The molecule has 1 aromatic carbocycles. The van der Waals surface area contributed by atoms with Crippen molar-refractivity contribution in [3.63, 3.8) is 0 Å². The molecular weight excluding hydrogens is 359 g/mol. The summed E-state index contributed by atoms with van der Waals surface area (Å²) in [6.07, 6.45) is -1.14. The Morgan fingerprint density at radius 1 is 1.24 bits per heavy atom. The molecule has 2 aliphatic rings. The molecule has 5 nitrogen and oxygen atoms in total. The fourth-order valence-corrected chi connectivity index (χ4v) is 3.13. The van der Waals surface area contributed by atoms with E-state index >= 15 is 0 Å². The van der Waals surface area contributed by atoms with Gasteiger partial charge in [-0.2, -0.15) is 13.2 Å². The normalized spacial score (nSPS) is 21.4. The van der Waals surface area contributed by atoms with E-state index < -0.39 is 17.7 Å². The fourth-order valence-electron chi connectivity index (χ4n) is 2.94. The minimum atomic E-state index is -4.82. The van der Waals surface area contributed by atoms with Crippen LogP contribution in [-0.4, -0.2) is 17.2 Å². The van der Waals surface area contributed by atoms with Crippen molar-refractivity contribution in [2.45, 2.75) is 11.7 Å². The lowest BCUT2D eigenvalue weighted by Crippen LogP contribution is -2.60. The number of anilines is 1. The van der Waals surface area contributed by atoms with Gasteiger partial charge in [0.15, 0.2) is 11.3 Å². The Morgan fingerprint density at radius 3 is 2.72 bits per heavy atom. The van der Waals surface area contributed by atoms with Crippen molar-refractivity contribution in [3.8, 4) is 5.75 Å². The van der Waals surface area contributed by atoms with Crippen molar-refractivity contribution < 1.29 is 22.7 Å². The molecule has 4 rings (SSSR count). The highest BCUT2D eigenvalue weighted by molar-refractivity contribution is 6.32. The van der Waals surface area contributed by atoms with Gasteiger partial charge < -0.3 is 15.4 Å². The molecule has 1 atom stereocenters. The van der Waals surface area contributed by atoms with Crippen LogP contribution in [0.25, 0.3) is 5.76 Å². The van der Waals surface area contributed by atoms with Crippen LogP contribution >= 0.6 is 11.6 Å². The molecule has 0 fully saturated rings. The number of pyridine rings is 1. The number of hydrogen-bond acceptors (Lipinski definition) is 3. The lowest BCUT2D eigenvalue weighted by molar-refractivity contribution is -0.182. The van der Waals surface area contributed by atoms with E-state index in [0.29, 0.717) is 5.56 Å². The molecule has 0 radical (unpaired) electrons. The summed E-state index contributed by atoms with van der Waals surface area (Å²) >= 11 is 6.09. The molecule has 3 heterocycles. The van der Waals surface area contributed by atoms with Crippen molar-refractivity contribution >= 4 is 29.1 Å². The largest absolute Gasteiger partial charge is 0.455 e. The van der Waals surface area contributed by atoms with Crippen LogP contribution < -0.4 is 15.4 Å². The number of nitrogens with one attached hydrogen (secondary N) is 2. The van der Waals surface area contributed by atoms with Crippen molar-refractivity contribution in [2.24, 2.45) is 0 Å². The number of urea groups is 1. The molecule has 2 aromatic rings. The highest BCUT2D eigenvalue weighted by atomic mass is 35.5. The minimum absolute atomic E-state index is 0.000172. The van der Waals surface area contributed by atoms with Crippen LogP contribution in [0.4, 0.5) is 23.7 Å². The van der Waals surface area contributed by atoms with Crippen LogP contribution in [0.1, 0.15) is 11.1 Å². The van der Waals surface area contributed by atoms with E-state index in [9.17, 15) is 18.0 Å². The van der Waals surface area contributed by atoms with E-state index in [-0.39, 0.29) is 27.8 Å². The Bertz CT molecular complexity index is 915. The van der Waals surface area contributed by atoms with Gasteiger partial charge in [-0.1, -0.05) is 11.6 Å². The van der Waals surface area contributed by atoms with E-state index in [1.54, 1.807) is 12.1 Å². The second kappa shape index (κ2) is 5.13. The second-order valence-corrected chi connectivity index (χ2v) is 5.94. The molecule has 0 saturated heterocycles. The monoisotopic (exact) mass is 367 g/mol. The van der Waals surface area contributed by atoms with Crippen LogP contribution in [0.3, 0.4) is 0 Å². The number of nitrogens with zero attached hydrogens (tertiary/aromatic N) is 1. The third-order valence-corrected chi connectivity index (χ3v) is 4.31. The molecule has 25 heavy (non-hydrogen) atoms. The number of carbonyl (C=O) groups excluding carboxylic acids is 1. The maximum Gasteiger partial charge on any atom is 0.419 e. The van der Waals surface area contributed by atoms with Gasteiger partial charge in [0.05, 0.1) is 16.3 Å². The van der Waals surface area contributed by atoms with Gasteiger partial charge in [-0.25, -0.2) is 4.79 Å². The number of amides is 2. The molecule has 128 valence electrons. The van der Waals surface area contributed by atoms with E-state index in [1.807, 2.05) is 5.32 Å². The average molecular weight is 368 g/mol. The molecule has 0 aliphatic carbocycles. The van der Waals surface area contributed by atoms with Gasteiger partial charge in [-0.05, 0) is 30.3 Å². The highest BCUT2D eigenvalue weighted by Crippen LogP contribution is 2.54. The number of aromatic nitrogens is 1. The van der Waals surface area contributed by atoms with Gasteiger partial charge in [0.25, 0.3) is 0 Å². The smallest absolute Gasteiger partial charge is 0.419 e. The number of carbonyl (C=O) groups is 1. The van der Waals surface area contributed by atoms with Gasteiger partial charge in [-0.3, -0.25) is 4.98 Å². The molecule has 1 aromatic heterocycles. The van der Waals surface area contributed by atoms with Crippen molar-refractivity contribution in [2.75, 3.05) is 5.32 Å². The summed E-state index contributed by atoms with van der Waals surface area (Å²) in [6, 6.07) is 4.83. The van der Waals surface area contributed by atoms with Crippen molar-refractivity contribution in [3.05, 3.63) is 58.9 Å². The summed E-state index contributed by atoms with van der Waals surface area (Å²) < 4.78 is 47.9. The Labute approximate surface area is 144 Å². The number of ether oxygens (including phenoxy) is 1. The third kappa shape index (κ3) is 2.25. The lowest BCUT2D eigenvalue weighted by atomic mass is 9.82. The van der Waals surface area contributed by atoms with E-state index in [4.69, 9.17) is 16.3 Å². The van der Waals surface area contributed by atoms with Crippen LogP contribution in [0, 0.1) is 0 Å². The maximum absolute atomic E-state index is 14.1. The maximum atomic E-state index is 14.1. The van der Waals surface area contributed by atoms with Crippen molar-refractivity contribution in [1.82, 2.24) is 10.3 Å². The third-order valence-electron chi connectivity index (χ3n) is 4.02. The number of benzene rings is 1. The van der Waals surface area contributed by atoms with Gasteiger partial charge in [-0.15, -0.1) is 0 Å². The first-order valence-electron chi connectivity index (χ1n) is 7.12. The quantitative estimate of drug-likeness (QED) is 0.799. The predicted octanol–water partition coefficient (Wildman–Crippen LogP) is 4.06. The van der Waals surface area contributed by atoms with Crippen LogP contribution in [-0.2, 0) is 5.54 Å².